The number of amides is 1. The van der Waals surface area contributed by atoms with E-state index in [2.05, 4.69) is 17.2 Å². The molecule has 27 heavy (non-hydrogen) atoms. The number of hydrogen-bond acceptors (Lipinski definition) is 5. The van der Waals surface area contributed by atoms with Crippen LogP contribution >= 0.6 is 36.2 Å². The quantitative estimate of drug-likeness (QED) is 0.735. The minimum atomic E-state index is 0. The number of ether oxygens (including phenoxy) is 1. The van der Waals surface area contributed by atoms with Gasteiger partial charge in [-0.1, -0.05) is 18.2 Å². The van der Waals surface area contributed by atoms with Crippen LogP contribution in [0.25, 0.3) is 6.08 Å². The van der Waals surface area contributed by atoms with Crippen molar-refractivity contribution in [2.24, 2.45) is 0 Å². The molecule has 1 saturated heterocycles. The number of piperazine rings is 1. The summed E-state index contributed by atoms with van der Waals surface area (Å²) in [6.45, 7) is 6.89. The monoisotopic (exact) mass is 429 g/mol. The Morgan fingerprint density at radius 3 is 2.89 bits per heavy atom. The molecular weight excluding hydrogens is 405 g/mol. The molecule has 1 N–H and O–H groups in total. The van der Waals surface area contributed by atoms with Crippen molar-refractivity contribution < 1.29 is 9.53 Å². The molecule has 2 heterocycles. The lowest BCUT2D eigenvalue weighted by Crippen LogP contribution is -2.51. The molecule has 3 rings (SSSR count). The fourth-order valence-corrected chi connectivity index (χ4v) is 3.40. The predicted molar refractivity (Wildman–Crippen MR) is 115 cm³/mol. The summed E-state index contributed by atoms with van der Waals surface area (Å²) < 4.78 is 5.89. The molecule has 1 amide bonds. The summed E-state index contributed by atoms with van der Waals surface area (Å²) in [6.07, 6.45) is 3.47. The van der Waals surface area contributed by atoms with E-state index in [-0.39, 0.29) is 36.8 Å². The number of rotatable bonds is 5. The molecule has 1 fully saturated rings. The Bertz CT molecular complexity index is 767. The third kappa shape index (κ3) is 6.50. The van der Waals surface area contributed by atoms with Crippen LogP contribution in [0.15, 0.2) is 35.7 Å². The zero-order chi connectivity index (χ0) is 17.6. The van der Waals surface area contributed by atoms with Gasteiger partial charge in [-0.3, -0.25) is 4.79 Å². The maximum atomic E-state index is 12.4. The van der Waals surface area contributed by atoms with E-state index in [9.17, 15) is 4.79 Å². The fraction of sp³-hybridized carbons (Fsp3) is 0.368. The Morgan fingerprint density at radius 2 is 2.19 bits per heavy atom. The van der Waals surface area contributed by atoms with E-state index in [0.717, 1.165) is 41.6 Å². The molecule has 0 aliphatic carbocycles. The van der Waals surface area contributed by atoms with Gasteiger partial charge in [-0.25, -0.2) is 4.98 Å². The van der Waals surface area contributed by atoms with Gasteiger partial charge in [-0.05, 0) is 26.0 Å². The zero-order valence-corrected chi connectivity index (χ0v) is 17.8. The lowest BCUT2D eigenvalue weighted by Gasteiger charge is -2.33. The van der Waals surface area contributed by atoms with Crippen LogP contribution in [-0.4, -0.2) is 41.5 Å². The second-order valence-corrected chi connectivity index (χ2v) is 7.16. The van der Waals surface area contributed by atoms with Crippen molar-refractivity contribution in [2.45, 2.75) is 26.5 Å². The first-order valence-corrected chi connectivity index (χ1v) is 9.33. The van der Waals surface area contributed by atoms with Gasteiger partial charge in [-0.15, -0.1) is 36.2 Å². The number of carbonyl (C=O) groups is 1. The van der Waals surface area contributed by atoms with Gasteiger partial charge < -0.3 is 15.0 Å². The third-order valence-electron chi connectivity index (χ3n) is 4.15. The SMILES string of the molecule is Cc1nc(COc2ccccc2C=CC(=O)N2CCNCC2C)cs1.Cl.Cl. The molecule has 1 aromatic heterocycles. The lowest BCUT2D eigenvalue weighted by atomic mass is 10.1. The van der Waals surface area contributed by atoms with Crippen LogP contribution in [0.1, 0.15) is 23.2 Å². The minimum Gasteiger partial charge on any atom is -0.487 e. The number of aryl methyl sites for hydroxylation is 1. The summed E-state index contributed by atoms with van der Waals surface area (Å²) >= 11 is 1.61. The Morgan fingerprint density at radius 1 is 1.41 bits per heavy atom. The van der Waals surface area contributed by atoms with Crippen LogP contribution in [0.3, 0.4) is 0 Å². The molecule has 0 spiro atoms. The first-order valence-electron chi connectivity index (χ1n) is 8.45. The molecule has 1 aliphatic heterocycles. The predicted octanol–water partition coefficient (Wildman–Crippen LogP) is 3.71. The summed E-state index contributed by atoms with van der Waals surface area (Å²) in [5.74, 6) is 0.796. The van der Waals surface area contributed by atoms with Gasteiger partial charge in [0.2, 0.25) is 5.91 Å². The molecule has 1 unspecified atom stereocenters. The fourth-order valence-electron chi connectivity index (χ4n) is 2.80. The molecule has 5 nitrogen and oxygen atoms in total. The number of aromatic nitrogens is 1. The van der Waals surface area contributed by atoms with Gasteiger partial charge >= 0.3 is 0 Å². The molecule has 0 saturated carbocycles. The second kappa shape index (κ2) is 11.3. The number of hydrogen-bond donors (Lipinski definition) is 1. The van der Waals surface area contributed by atoms with Crippen molar-refractivity contribution in [3.05, 3.63) is 52.0 Å². The highest BCUT2D eigenvalue weighted by Crippen LogP contribution is 2.21. The van der Waals surface area contributed by atoms with Crippen molar-refractivity contribution in [2.75, 3.05) is 19.6 Å². The highest BCUT2D eigenvalue weighted by Gasteiger charge is 2.20. The first kappa shape index (κ1) is 23.4. The van der Waals surface area contributed by atoms with Crippen LogP contribution in [0.4, 0.5) is 0 Å². The molecule has 0 bridgehead atoms. The number of carbonyl (C=O) groups excluding carboxylic acids is 1. The Kier molecular flexibility index (Phi) is 9.80. The standard InChI is InChI=1S/C19H23N3O2S.2ClH/c1-14-11-20-9-10-22(14)19(23)8-7-16-5-3-4-6-18(16)24-12-17-13-25-15(2)21-17;;/h3-8,13-14,20H,9-12H2,1-2H3;2*1H. The summed E-state index contributed by atoms with van der Waals surface area (Å²) in [7, 11) is 0. The van der Waals surface area contributed by atoms with E-state index in [1.54, 1.807) is 17.4 Å². The molecular formula is C19H25Cl2N3O2S. The molecule has 148 valence electrons. The number of halogens is 2. The smallest absolute Gasteiger partial charge is 0.246 e. The van der Waals surface area contributed by atoms with Crippen molar-refractivity contribution in [3.8, 4) is 5.75 Å². The van der Waals surface area contributed by atoms with Gasteiger partial charge in [0.05, 0.1) is 10.7 Å². The van der Waals surface area contributed by atoms with Crippen LogP contribution < -0.4 is 10.1 Å². The minimum absolute atomic E-state index is 0. The van der Waals surface area contributed by atoms with Crippen LogP contribution in [0.2, 0.25) is 0 Å². The second-order valence-electron chi connectivity index (χ2n) is 6.10. The van der Waals surface area contributed by atoms with E-state index in [0.29, 0.717) is 6.61 Å². The van der Waals surface area contributed by atoms with Crippen molar-refractivity contribution in [1.82, 2.24) is 15.2 Å². The Labute approximate surface area is 176 Å². The van der Waals surface area contributed by atoms with Crippen molar-refractivity contribution in [1.29, 1.82) is 0 Å². The van der Waals surface area contributed by atoms with Gasteiger partial charge in [0, 0.05) is 42.7 Å². The highest BCUT2D eigenvalue weighted by molar-refractivity contribution is 7.09. The molecule has 1 aliphatic rings. The summed E-state index contributed by atoms with van der Waals surface area (Å²) in [5.41, 5.74) is 1.82. The molecule has 8 heteroatoms. The highest BCUT2D eigenvalue weighted by atomic mass is 35.5. The molecule has 1 atom stereocenters. The normalized spacial score (nSPS) is 16.5. The molecule has 2 aromatic rings. The largest absolute Gasteiger partial charge is 0.487 e. The van der Waals surface area contributed by atoms with Crippen LogP contribution in [-0.2, 0) is 11.4 Å². The first-order chi connectivity index (χ1) is 12.1. The summed E-state index contributed by atoms with van der Waals surface area (Å²) in [6, 6.07) is 7.95. The number of para-hydroxylation sites is 1. The summed E-state index contributed by atoms with van der Waals surface area (Å²) in [5, 5.41) is 6.33. The number of thiazole rings is 1. The van der Waals surface area contributed by atoms with Crippen LogP contribution in [0, 0.1) is 6.92 Å². The van der Waals surface area contributed by atoms with E-state index in [4.69, 9.17) is 4.74 Å². The lowest BCUT2D eigenvalue weighted by molar-refractivity contribution is -0.128. The maximum Gasteiger partial charge on any atom is 0.246 e. The average Bonchev–Trinajstić information content (AvgIpc) is 3.04. The third-order valence-corrected chi connectivity index (χ3v) is 4.97. The number of nitrogens with one attached hydrogen (secondary N) is 1. The van der Waals surface area contributed by atoms with E-state index in [1.165, 1.54) is 0 Å². The topological polar surface area (TPSA) is 54.5 Å². The number of nitrogens with zero attached hydrogens (tertiary/aromatic N) is 2. The Balaban J connectivity index is 0.00000182. The average molecular weight is 430 g/mol. The van der Waals surface area contributed by atoms with Crippen molar-refractivity contribution in [3.63, 3.8) is 0 Å². The zero-order valence-electron chi connectivity index (χ0n) is 15.4. The summed E-state index contributed by atoms with van der Waals surface area (Å²) in [4.78, 5) is 18.7. The van der Waals surface area contributed by atoms with Gasteiger partial charge in [0.15, 0.2) is 0 Å². The van der Waals surface area contributed by atoms with E-state index < -0.39 is 0 Å². The molecule has 0 radical (unpaired) electrons. The Hall–Kier alpha value is -1.60. The van der Waals surface area contributed by atoms with Crippen LogP contribution in [0.5, 0.6) is 5.75 Å². The maximum absolute atomic E-state index is 12.4. The van der Waals surface area contributed by atoms with E-state index in [1.807, 2.05) is 47.5 Å². The molecule has 1 aromatic carbocycles. The van der Waals surface area contributed by atoms with Gasteiger partial charge in [-0.2, -0.15) is 0 Å². The van der Waals surface area contributed by atoms with Gasteiger partial charge in [0.1, 0.15) is 12.4 Å². The van der Waals surface area contributed by atoms with Crippen molar-refractivity contribution >= 4 is 48.1 Å². The van der Waals surface area contributed by atoms with E-state index >= 15 is 0 Å². The number of benzene rings is 1. The van der Waals surface area contributed by atoms with Gasteiger partial charge in [0.25, 0.3) is 0 Å².